The van der Waals surface area contributed by atoms with Crippen molar-refractivity contribution in [3.8, 4) is 0 Å². The van der Waals surface area contributed by atoms with Gasteiger partial charge in [-0.3, -0.25) is 0 Å². The van der Waals surface area contributed by atoms with Crippen molar-refractivity contribution in [1.82, 2.24) is 19.2 Å². The minimum atomic E-state index is -4.06. The zero-order chi connectivity index (χ0) is 19.6. The molecule has 1 unspecified atom stereocenters. The average molecular weight is 396 g/mol. The monoisotopic (exact) mass is 396 g/mol. The summed E-state index contributed by atoms with van der Waals surface area (Å²) in [6.07, 6.45) is 3.32. The van der Waals surface area contributed by atoms with Crippen LogP contribution >= 0.6 is 0 Å². The van der Waals surface area contributed by atoms with Gasteiger partial charge in [-0.25, -0.2) is 22.6 Å². The molecule has 146 valence electrons. The summed E-state index contributed by atoms with van der Waals surface area (Å²) < 4.78 is 48.4. The smallest absolute Gasteiger partial charge is 0.338 e. The number of benzene rings is 1. The summed E-state index contributed by atoms with van der Waals surface area (Å²) in [5, 5.41) is 3.15. The van der Waals surface area contributed by atoms with Crippen molar-refractivity contribution in [2.45, 2.75) is 17.9 Å². The van der Waals surface area contributed by atoms with Crippen molar-refractivity contribution in [3.05, 3.63) is 47.8 Å². The summed E-state index contributed by atoms with van der Waals surface area (Å²) in [4.78, 5) is 15.9. The number of aromatic nitrogens is 2. The summed E-state index contributed by atoms with van der Waals surface area (Å²) in [6.45, 7) is 2.76. The minimum absolute atomic E-state index is 0.108. The number of hydrogen-bond acceptors (Lipinski definition) is 6. The number of rotatable bonds is 5. The van der Waals surface area contributed by atoms with Gasteiger partial charge in [0.05, 0.1) is 23.1 Å². The summed E-state index contributed by atoms with van der Waals surface area (Å²) in [7, 11) is -2.27. The largest absolute Gasteiger partial charge is 0.462 e. The lowest BCUT2D eigenvalue weighted by molar-refractivity contribution is 0.0525. The lowest BCUT2D eigenvalue weighted by Gasteiger charge is -2.34. The van der Waals surface area contributed by atoms with Crippen molar-refractivity contribution in [3.63, 3.8) is 0 Å². The van der Waals surface area contributed by atoms with Gasteiger partial charge >= 0.3 is 5.97 Å². The number of halogens is 1. The fourth-order valence-corrected chi connectivity index (χ4v) is 4.71. The summed E-state index contributed by atoms with van der Waals surface area (Å²) in [6, 6.07) is 2.48. The number of sulfonamides is 1. The van der Waals surface area contributed by atoms with E-state index in [1.54, 1.807) is 30.9 Å². The van der Waals surface area contributed by atoms with Crippen LogP contribution in [0.1, 0.15) is 29.1 Å². The maximum absolute atomic E-state index is 14.0. The molecule has 2 aromatic rings. The van der Waals surface area contributed by atoms with Crippen LogP contribution in [0.5, 0.6) is 0 Å². The van der Waals surface area contributed by atoms with Crippen molar-refractivity contribution < 1.29 is 22.3 Å². The lowest BCUT2D eigenvalue weighted by atomic mass is 10.2. The van der Waals surface area contributed by atoms with E-state index in [0.717, 1.165) is 18.2 Å². The van der Waals surface area contributed by atoms with Crippen LogP contribution in [0.4, 0.5) is 4.39 Å². The predicted octanol–water partition coefficient (Wildman–Crippen LogP) is 1.07. The van der Waals surface area contributed by atoms with E-state index in [1.807, 2.05) is 0 Å². The molecule has 1 aliphatic rings. The third kappa shape index (κ3) is 3.87. The van der Waals surface area contributed by atoms with Crippen molar-refractivity contribution >= 4 is 16.0 Å². The Labute approximate surface area is 157 Å². The van der Waals surface area contributed by atoms with Crippen LogP contribution in [0.25, 0.3) is 0 Å². The Balaban J connectivity index is 2.02. The average Bonchev–Trinajstić information content (AvgIpc) is 3.07. The number of imidazole rings is 1. The van der Waals surface area contributed by atoms with Gasteiger partial charge in [0.1, 0.15) is 11.6 Å². The first-order valence-corrected chi connectivity index (χ1v) is 9.96. The van der Waals surface area contributed by atoms with Gasteiger partial charge in [0.2, 0.25) is 10.0 Å². The first-order valence-electron chi connectivity index (χ1n) is 8.52. The van der Waals surface area contributed by atoms with E-state index in [1.165, 1.54) is 4.31 Å². The molecule has 0 bridgehead atoms. The number of ether oxygens (including phenoxy) is 1. The van der Waals surface area contributed by atoms with E-state index in [-0.39, 0.29) is 23.6 Å². The molecule has 1 aliphatic heterocycles. The second-order valence-corrected chi connectivity index (χ2v) is 8.02. The highest BCUT2D eigenvalue weighted by Gasteiger charge is 2.37. The zero-order valence-corrected chi connectivity index (χ0v) is 15.9. The van der Waals surface area contributed by atoms with Gasteiger partial charge in [0.25, 0.3) is 0 Å². The number of carbonyl (C=O) groups is 1. The molecule has 0 aliphatic carbocycles. The normalized spacial score (nSPS) is 18.4. The summed E-state index contributed by atoms with van der Waals surface area (Å²) in [5.41, 5.74) is -0.140. The van der Waals surface area contributed by atoms with Gasteiger partial charge in [-0.15, -0.1) is 0 Å². The van der Waals surface area contributed by atoms with E-state index in [2.05, 4.69) is 10.3 Å². The topological polar surface area (TPSA) is 93.5 Å². The molecule has 1 atom stereocenters. The van der Waals surface area contributed by atoms with Crippen molar-refractivity contribution in [2.24, 2.45) is 7.05 Å². The third-order valence-corrected chi connectivity index (χ3v) is 6.23. The van der Waals surface area contributed by atoms with Gasteiger partial charge in [0, 0.05) is 39.1 Å². The number of nitrogens with zero attached hydrogens (tertiary/aromatic N) is 3. The van der Waals surface area contributed by atoms with Crippen LogP contribution in [-0.2, 0) is 21.8 Å². The third-order valence-electron chi connectivity index (χ3n) is 4.34. The number of piperazine rings is 1. The Morgan fingerprint density at radius 1 is 1.41 bits per heavy atom. The van der Waals surface area contributed by atoms with Crippen LogP contribution in [0.2, 0.25) is 0 Å². The Bertz CT molecular complexity index is 944. The Kier molecular flexibility index (Phi) is 5.59. The van der Waals surface area contributed by atoms with Gasteiger partial charge < -0.3 is 14.6 Å². The van der Waals surface area contributed by atoms with Crippen molar-refractivity contribution in [1.29, 1.82) is 0 Å². The Morgan fingerprint density at radius 2 is 2.19 bits per heavy atom. The molecule has 0 radical (unpaired) electrons. The predicted molar refractivity (Wildman–Crippen MR) is 95.1 cm³/mol. The standard InChI is InChI=1S/C17H21FN4O4S/c1-3-26-17(23)12-8-13(18)10-14(9-12)27(24,25)22-7-4-19-11-15(22)16-20-5-6-21(16)2/h5-6,8-10,15,19H,3-4,7,11H2,1-2H3. The fourth-order valence-electron chi connectivity index (χ4n) is 3.07. The van der Waals surface area contributed by atoms with Gasteiger partial charge in [0.15, 0.2) is 0 Å². The number of hydrogen-bond donors (Lipinski definition) is 1. The van der Waals surface area contributed by atoms with Crippen LogP contribution in [0.15, 0.2) is 35.5 Å². The molecule has 1 N–H and O–H groups in total. The van der Waals surface area contributed by atoms with E-state index >= 15 is 0 Å². The molecule has 1 saturated heterocycles. The Morgan fingerprint density at radius 3 is 2.85 bits per heavy atom. The fraction of sp³-hybridized carbons (Fsp3) is 0.412. The summed E-state index contributed by atoms with van der Waals surface area (Å²) in [5.74, 6) is -1.01. The highest BCUT2D eigenvalue weighted by atomic mass is 32.2. The molecule has 1 fully saturated rings. The van der Waals surface area contributed by atoms with E-state index < -0.39 is 27.9 Å². The van der Waals surface area contributed by atoms with Crippen LogP contribution in [-0.4, -0.2) is 54.5 Å². The molecule has 10 heteroatoms. The minimum Gasteiger partial charge on any atom is -0.462 e. The molecule has 1 aromatic heterocycles. The molecular formula is C17H21FN4O4S. The molecule has 27 heavy (non-hydrogen) atoms. The first-order chi connectivity index (χ1) is 12.8. The van der Waals surface area contributed by atoms with E-state index in [9.17, 15) is 17.6 Å². The van der Waals surface area contributed by atoms with Crippen molar-refractivity contribution in [2.75, 3.05) is 26.2 Å². The van der Waals surface area contributed by atoms with E-state index in [4.69, 9.17) is 4.74 Å². The molecule has 3 rings (SSSR count). The van der Waals surface area contributed by atoms with Gasteiger partial charge in [-0.1, -0.05) is 0 Å². The number of esters is 1. The maximum Gasteiger partial charge on any atom is 0.338 e. The molecule has 0 amide bonds. The highest BCUT2D eigenvalue weighted by Crippen LogP contribution is 2.29. The number of carbonyl (C=O) groups excluding carboxylic acids is 1. The first kappa shape index (κ1) is 19.5. The second kappa shape index (κ2) is 7.75. The molecule has 0 spiro atoms. The highest BCUT2D eigenvalue weighted by molar-refractivity contribution is 7.89. The second-order valence-electron chi connectivity index (χ2n) is 6.13. The van der Waals surface area contributed by atoms with Gasteiger partial charge in [-0.2, -0.15) is 4.31 Å². The number of aryl methyl sites for hydroxylation is 1. The van der Waals surface area contributed by atoms with Crippen LogP contribution in [0, 0.1) is 5.82 Å². The number of nitrogens with one attached hydrogen (secondary N) is 1. The lowest BCUT2D eigenvalue weighted by Crippen LogP contribution is -2.49. The zero-order valence-electron chi connectivity index (χ0n) is 15.1. The maximum atomic E-state index is 14.0. The van der Waals surface area contributed by atoms with Crippen LogP contribution in [0.3, 0.4) is 0 Å². The molecule has 8 nitrogen and oxygen atoms in total. The molecular weight excluding hydrogens is 375 g/mol. The van der Waals surface area contributed by atoms with Gasteiger partial charge in [-0.05, 0) is 25.1 Å². The molecule has 1 aromatic carbocycles. The SMILES string of the molecule is CCOC(=O)c1cc(F)cc(S(=O)(=O)N2CCNCC2c2nccn2C)c1. The molecule has 2 heterocycles. The summed E-state index contributed by atoms with van der Waals surface area (Å²) >= 11 is 0. The van der Waals surface area contributed by atoms with E-state index in [0.29, 0.717) is 18.9 Å². The molecule has 0 saturated carbocycles. The van der Waals surface area contributed by atoms with Crippen LogP contribution < -0.4 is 5.32 Å². The Hall–Kier alpha value is -2.30. The quantitative estimate of drug-likeness (QED) is 0.760.